The Kier molecular flexibility index (Phi) is 5.18. The van der Waals surface area contributed by atoms with Crippen LogP contribution in [0.2, 0.25) is 0 Å². The van der Waals surface area contributed by atoms with Gasteiger partial charge in [-0.3, -0.25) is 0 Å². The van der Waals surface area contributed by atoms with Crippen LogP contribution in [0.3, 0.4) is 0 Å². The summed E-state index contributed by atoms with van der Waals surface area (Å²) in [6.07, 6.45) is 6.27. The maximum Gasteiger partial charge on any atom is 0.152 e. The van der Waals surface area contributed by atoms with Crippen molar-refractivity contribution in [2.24, 2.45) is 0 Å². The Labute approximate surface area is 104 Å². The molecule has 1 heterocycles. The molecule has 17 heavy (non-hydrogen) atoms. The molecule has 5 heteroatoms. The first-order valence-electron chi connectivity index (χ1n) is 6.19. The summed E-state index contributed by atoms with van der Waals surface area (Å²) in [6, 6.07) is 0. The standard InChI is InChI=1S/C12H22N2O2S/c1-4-12-13-7-9-14(12)8-5-6-10-17(15,16)11(2)3/h7,9,11H,4-6,8,10H2,1-3H3. The van der Waals surface area contributed by atoms with Crippen molar-refractivity contribution in [3.05, 3.63) is 18.2 Å². The zero-order valence-electron chi connectivity index (χ0n) is 10.9. The highest BCUT2D eigenvalue weighted by Gasteiger charge is 2.14. The Balaban J connectivity index is 2.35. The third-order valence-corrected chi connectivity index (χ3v) is 5.21. The zero-order chi connectivity index (χ0) is 12.9. The van der Waals surface area contributed by atoms with Gasteiger partial charge in [0.05, 0.1) is 11.0 Å². The van der Waals surface area contributed by atoms with E-state index in [4.69, 9.17) is 0 Å². The molecule has 0 fully saturated rings. The molecule has 0 saturated carbocycles. The molecule has 1 rings (SSSR count). The van der Waals surface area contributed by atoms with Crippen molar-refractivity contribution in [3.8, 4) is 0 Å². The zero-order valence-corrected chi connectivity index (χ0v) is 11.7. The molecule has 0 radical (unpaired) electrons. The van der Waals surface area contributed by atoms with Gasteiger partial charge in [-0.15, -0.1) is 0 Å². The van der Waals surface area contributed by atoms with Crippen molar-refractivity contribution >= 4 is 9.84 Å². The highest BCUT2D eigenvalue weighted by atomic mass is 32.2. The average molecular weight is 258 g/mol. The third-order valence-electron chi connectivity index (χ3n) is 2.91. The molecule has 98 valence electrons. The lowest BCUT2D eigenvalue weighted by atomic mass is 10.3. The molecule has 1 aromatic heterocycles. The van der Waals surface area contributed by atoms with Crippen LogP contribution in [0.5, 0.6) is 0 Å². The van der Waals surface area contributed by atoms with E-state index < -0.39 is 9.84 Å². The summed E-state index contributed by atoms with van der Waals surface area (Å²) in [5.74, 6) is 1.36. The molecule has 4 nitrogen and oxygen atoms in total. The number of aryl methyl sites for hydroxylation is 2. The lowest BCUT2D eigenvalue weighted by Crippen LogP contribution is -2.18. The second kappa shape index (κ2) is 6.19. The highest BCUT2D eigenvalue weighted by Crippen LogP contribution is 2.07. The van der Waals surface area contributed by atoms with Gasteiger partial charge in [-0.25, -0.2) is 13.4 Å². The molecule has 0 aliphatic heterocycles. The van der Waals surface area contributed by atoms with Gasteiger partial charge < -0.3 is 4.57 Å². The summed E-state index contributed by atoms with van der Waals surface area (Å²) in [7, 11) is -2.88. The Morgan fingerprint density at radius 3 is 2.65 bits per heavy atom. The predicted octanol–water partition coefficient (Wildman–Crippen LogP) is 2.05. The van der Waals surface area contributed by atoms with Gasteiger partial charge >= 0.3 is 0 Å². The van der Waals surface area contributed by atoms with Gasteiger partial charge in [0.1, 0.15) is 5.82 Å². The highest BCUT2D eigenvalue weighted by molar-refractivity contribution is 7.91. The fourth-order valence-electron chi connectivity index (χ4n) is 1.68. The second-order valence-corrected chi connectivity index (χ2v) is 7.19. The number of hydrogen-bond donors (Lipinski definition) is 0. The molecule has 0 atom stereocenters. The first-order valence-corrected chi connectivity index (χ1v) is 7.90. The molecule has 0 unspecified atom stereocenters. The van der Waals surface area contributed by atoms with Crippen LogP contribution < -0.4 is 0 Å². The van der Waals surface area contributed by atoms with E-state index in [9.17, 15) is 8.42 Å². The monoisotopic (exact) mass is 258 g/mol. The van der Waals surface area contributed by atoms with Crippen LogP contribution >= 0.6 is 0 Å². The van der Waals surface area contributed by atoms with Crippen LogP contribution in [-0.2, 0) is 22.8 Å². The number of hydrogen-bond acceptors (Lipinski definition) is 3. The fraction of sp³-hybridized carbons (Fsp3) is 0.750. The van der Waals surface area contributed by atoms with Gasteiger partial charge in [0.15, 0.2) is 9.84 Å². The Morgan fingerprint density at radius 1 is 1.35 bits per heavy atom. The largest absolute Gasteiger partial charge is 0.335 e. The number of sulfone groups is 1. The van der Waals surface area contributed by atoms with E-state index in [1.807, 2.05) is 6.20 Å². The molecule has 0 spiro atoms. The molecule has 0 aliphatic carbocycles. The second-order valence-electron chi connectivity index (χ2n) is 4.51. The first kappa shape index (κ1) is 14.2. The molecule has 0 amide bonds. The summed E-state index contributed by atoms with van der Waals surface area (Å²) < 4.78 is 25.3. The Hall–Kier alpha value is -0.840. The molecular weight excluding hydrogens is 236 g/mol. The van der Waals surface area contributed by atoms with Crippen molar-refractivity contribution in [2.45, 2.75) is 51.8 Å². The molecule has 0 aromatic carbocycles. The minimum atomic E-state index is -2.88. The van der Waals surface area contributed by atoms with Crippen molar-refractivity contribution < 1.29 is 8.42 Å². The van der Waals surface area contributed by atoms with Crippen LogP contribution in [0, 0.1) is 0 Å². The Bertz CT molecular complexity index is 435. The minimum Gasteiger partial charge on any atom is -0.335 e. The summed E-state index contributed by atoms with van der Waals surface area (Å²) in [5.41, 5.74) is 0. The van der Waals surface area contributed by atoms with Crippen molar-refractivity contribution in [1.82, 2.24) is 9.55 Å². The van der Waals surface area contributed by atoms with Crippen molar-refractivity contribution in [2.75, 3.05) is 5.75 Å². The smallest absolute Gasteiger partial charge is 0.152 e. The van der Waals surface area contributed by atoms with Crippen molar-refractivity contribution in [1.29, 1.82) is 0 Å². The van der Waals surface area contributed by atoms with E-state index >= 15 is 0 Å². The van der Waals surface area contributed by atoms with Crippen LogP contribution in [-0.4, -0.2) is 29.0 Å². The maximum absolute atomic E-state index is 11.6. The lowest BCUT2D eigenvalue weighted by Gasteiger charge is -2.08. The van der Waals surface area contributed by atoms with Gasteiger partial charge in [-0.05, 0) is 26.7 Å². The van der Waals surface area contributed by atoms with E-state index in [-0.39, 0.29) is 5.25 Å². The van der Waals surface area contributed by atoms with E-state index in [1.165, 1.54) is 0 Å². The summed E-state index contributed by atoms with van der Waals surface area (Å²) in [6.45, 7) is 6.40. The van der Waals surface area contributed by atoms with Gasteiger partial charge in [0.2, 0.25) is 0 Å². The molecule has 0 saturated heterocycles. The van der Waals surface area contributed by atoms with Gasteiger partial charge in [-0.2, -0.15) is 0 Å². The number of nitrogens with zero attached hydrogens (tertiary/aromatic N) is 2. The van der Waals surface area contributed by atoms with E-state index in [2.05, 4.69) is 16.5 Å². The predicted molar refractivity (Wildman–Crippen MR) is 69.8 cm³/mol. The number of aromatic nitrogens is 2. The van der Waals surface area contributed by atoms with Gasteiger partial charge in [-0.1, -0.05) is 6.92 Å². The molecule has 1 aromatic rings. The summed E-state index contributed by atoms with van der Waals surface area (Å²) in [4.78, 5) is 4.24. The van der Waals surface area contributed by atoms with Crippen LogP contribution in [0.25, 0.3) is 0 Å². The molecular formula is C12H22N2O2S. The van der Waals surface area contributed by atoms with Crippen LogP contribution in [0.15, 0.2) is 12.4 Å². The van der Waals surface area contributed by atoms with E-state index in [0.29, 0.717) is 5.75 Å². The molecule has 0 aliphatic rings. The van der Waals surface area contributed by atoms with E-state index in [1.54, 1.807) is 20.0 Å². The lowest BCUT2D eigenvalue weighted by molar-refractivity contribution is 0.571. The van der Waals surface area contributed by atoms with Gasteiger partial charge in [0, 0.05) is 25.4 Å². The molecule has 0 N–H and O–H groups in total. The topological polar surface area (TPSA) is 52.0 Å². The minimum absolute atomic E-state index is 0.262. The SMILES string of the molecule is CCc1nccn1CCCCS(=O)(=O)C(C)C. The molecule has 0 bridgehead atoms. The first-order chi connectivity index (χ1) is 7.97. The summed E-state index contributed by atoms with van der Waals surface area (Å²) in [5, 5.41) is -0.262. The Morgan fingerprint density at radius 2 is 2.06 bits per heavy atom. The number of imidazole rings is 1. The van der Waals surface area contributed by atoms with Crippen molar-refractivity contribution in [3.63, 3.8) is 0 Å². The van der Waals surface area contributed by atoms with Gasteiger partial charge in [0.25, 0.3) is 0 Å². The summed E-state index contributed by atoms with van der Waals surface area (Å²) >= 11 is 0. The third kappa shape index (κ3) is 4.15. The average Bonchev–Trinajstić information content (AvgIpc) is 2.71. The normalized spacial score (nSPS) is 12.2. The van der Waals surface area contributed by atoms with Crippen LogP contribution in [0.1, 0.15) is 39.4 Å². The number of rotatable bonds is 7. The maximum atomic E-state index is 11.6. The van der Waals surface area contributed by atoms with E-state index in [0.717, 1.165) is 31.6 Å². The number of unbranched alkanes of at least 4 members (excludes halogenated alkanes) is 1. The quantitative estimate of drug-likeness (QED) is 0.703. The van der Waals surface area contributed by atoms with Crippen LogP contribution in [0.4, 0.5) is 0 Å². The fourth-order valence-corrected chi connectivity index (χ4v) is 2.76.